The van der Waals surface area contributed by atoms with Gasteiger partial charge in [0.1, 0.15) is 5.75 Å². The molecule has 0 unspecified atom stereocenters. The molecule has 1 aliphatic heterocycles. The first-order valence-corrected chi connectivity index (χ1v) is 11.9. The van der Waals surface area contributed by atoms with Crippen molar-refractivity contribution in [2.24, 2.45) is 0 Å². The Morgan fingerprint density at radius 3 is 1.94 bits per heavy atom. The molecule has 0 saturated carbocycles. The minimum absolute atomic E-state index is 0.177. The van der Waals surface area contributed by atoms with E-state index >= 15 is 0 Å². The quantitative estimate of drug-likeness (QED) is 0.273. The third-order valence-corrected chi connectivity index (χ3v) is 6.32. The zero-order valence-electron chi connectivity index (χ0n) is 19.5. The molecule has 2 amide bonds. The number of benzene rings is 3. The van der Waals surface area contributed by atoms with E-state index in [0.717, 1.165) is 37.9 Å². The van der Waals surface area contributed by atoms with E-state index in [1.165, 1.54) is 27.2 Å². The maximum Gasteiger partial charge on any atom is 0.261 e. The van der Waals surface area contributed by atoms with Crippen LogP contribution in [0.4, 0.5) is 0 Å². The number of hydrogen-bond acceptors (Lipinski definition) is 3. The summed E-state index contributed by atoms with van der Waals surface area (Å²) in [6.07, 6.45) is 4.52. The second-order valence-electron chi connectivity index (χ2n) is 8.40. The summed E-state index contributed by atoms with van der Waals surface area (Å²) in [5.74, 6) is 0.539. The van der Waals surface area contributed by atoms with Crippen LogP contribution in [0, 0.1) is 0 Å². The van der Waals surface area contributed by atoms with Crippen LogP contribution in [0.15, 0.2) is 66.7 Å². The zero-order valence-corrected chi connectivity index (χ0v) is 19.5. The Labute approximate surface area is 196 Å². The molecule has 33 heavy (non-hydrogen) atoms. The van der Waals surface area contributed by atoms with Gasteiger partial charge in [-0.15, -0.1) is 0 Å². The summed E-state index contributed by atoms with van der Waals surface area (Å²) >= 11 is 0. The van der Waals surface area contributed by atoms with E-state index in [9.17, 15) is 9.59 Å². The molecule has 0 radical (unpaired) electrons. The largest absolute Gasteiger partial charge is 0.494 e. The molecule has 0 spiro atoms. The minimum atomic E-state index is -0.177. The predicted molar refractivity (Wildman–Crippen MR) is 132 cm³/mol. The van der Waals surface area contributed by atoms with Gasteiger partial charge in [0.15, 0.2) is 0 Å². The third kappa shape index (κ3) is 4.85. The summed E-state index contributed by atoms with van der Waals surface area (Å²) in [5.41, 5.74) is 6.27. The molecule has 0 N–H and O–H groups in total. The molecule has 1 aliphatic rings. The first kappa shape index (κ1) is 22.8. The smallest absolute Gasteiger partial charge is 0.261 e. The number of aryl methyl sites for hydroxylation is 2. The maximum atomic E-state index is 12.4. The number of carbonyl (C=O) groups excluding carboxylic acids is 2. The first-order chi connectivity index (χ1) is 16.1. The number of unbranched alkanes of at least 4 members (excludes halogenated alkanes) is 2. The second kappa shape index (κ2) is 10.5. The number of amides is 2. The molecule has 0 fully saturated rings. The first-order valence-electron chi connectivity index (χ1n) is 11.9. The van der Waals surface area contributed by atoms with Gasteiger partial charge in [-0.05, 0) is 78.6 Å². The molecule has 4 rings (SSSR count). The Kier molecular flexibility index (Phi) is 7.23. The van der Waals surface area contributed by atoms with Crippen LogP contribution < -0.4 is 4.74 Å². The van der Waals surface area contributed by atoms with Crippen molar-refractivity contribution in [2.45, 2.75) is 46.0 Å². The molecule has 0 aromatic heterocycles. The van der Waals surface area contributed by atoms with Crippen molar-refractivity contribution in [3.63, 3.8) is 0 Å². The highest BCUT2D eigenvalue weighted by molar-refractivity contribution is 6.21. The number of nitrogens with zero attached hydrogens (tertiary/aromatic N) is 1. The van der Waals surface area contributed by atoms with Gasteiger partial charge in [0, 0.05) is 6.54 Å². The third-order valence-electron chi connectivity index (χ3n) is 6.32. The van der Waals surface area contributed by atoms with Crippen molar-refractivity contribution >= 4 is 11.8 Å². The van der Waals surface area contributed by atoms with Gasteiger partial charge >= 0.3 is 0 Å². The topological polar surface area (TPSA) is 46.6 Å². The van der Waals surface area contributed by atoms with Crippen LogP contribution in [0.3, 0.4) is 0 Å². The molecule has 0 saturated heterocycles. The Hall–Kier alpha value is -3.40. The van der Waals surface area contributed by atoms with Gasteiger partial charge in [-0.1, -0.05) is 56.3 Å². The van der Waals surface area contributed by atoms with E-state index < -0.39 is 0 Å². The van der Waals surface area contributed by atoms with Crippen LogP contribution in [0.5, 0.6) is 5.75 Å². The van der Waals surface area contributed by atoms with Crippen molar-refractivity contribution in [1.29, 1.82) is 0 Å². The molecular formula is C29H31NO3. The summed E-state index contributed by atoms with van der Waals surface area (Å²) in [6, 6.07) is 22.0. The van der Waals surface area contributed by atoms with E-state index in [1.54, 1.807) is 24.3 Å². The van der Waals surface area contributed by atoms with E-state index in [1.807, 2.05) is 0 Å². The summed E-state index contributed by atoms with van der Waals surface area (Å²) in [6.45, 7) is 5.45. The van der Waals surface area contributed by atoms with Gasteiger partial charge in [-0.2, -0.15) is 0 Å². The van der Waals surface area contributed by atoms with E-state index in [0.29, 0.717) is 24.3 Å². The SMILES string of the molecule is CCc1ccccc1-c1ccc(OCCCCCN2C(=O)c3ccccc3C2=O)cc1CC. The van der Waals surface area contributed by atoms with Gasteiger partial charge in [0.2, 0.25) is 0 Å². The van der Waals surface area contributed by atoms with E-state index in [2.05, 4.69) is 56.3 Å². The van der Waals surface area contributed by atoms with E-state index in [4.69, 9.17) is 4.74 Å². The molecule has 4 nitrogen and oxygen atoms in total. The zero-order chi connectivity index (χ0) is 23.2. The van der Waals surface area contributed by atoms with Gasteiger partial charge in [0.25, 0.3) is 11.8 Å². The molecule has 0 atom stereocenters. The fourth-order valence-corrected chi connectivity index (χ4v) is 4.49. The average Bonchev–Trinajstić information content (AvgIpc) is 3.10. The summed E-state index contributed by atoms with van der Waals surface area (Å²) in [5, 5.41) is 0. The van der Waals surface area contributed by atoms with Crippen LogP contribution in [-0.2, 0) is 12.8 Å². The van der Waals surface area contributed by atoms with Crippen LogP contribution >= 0.6 is 0 Å². The maximum absolute atomic E-state index is 12.4. The molecular weight excluding hydrogens is 410 g/mol. The lowest BCUT2D eigenvalue weighted by atomic mass is 9.93. The Morgan fingerprint density at radius 2 is 1.27 bits per heavy atom. The molecule has 1 heterocycles. The number of ether oxygens (including phenoxy) is 1. The molecule has 170 valence electrons. The lowest BCUT2D eigenvalue weighted by molar-refractivity contribution is 0.0651. The number of rotatable bonds is 10. The van der Waals surface area contributed by atoms with Crippen molar-refractivity contribution in [3.05, 3.63) is 89.0 Å². The molecule has 3 aromatic rings. The highest BCUT2D eigenvalue weighted by Crippen LogP contribution is 2.31. The number of imide groups is 1. The lowest BCUT2D eigenvalue weighted by Gasteiger charge is -2.15. The van der Waals surface area contributed by atoms with Crippen LogP contribution in [-0.4, -0.2) is 29.9 Å². The van der Waals surface area contributed by atoms with E-state index in [-0.39, 0.29) is 11.8 Å². The van der Waals surface area contributed by atoms with Crippen LogP contribution in [0.2, 0.25) is 0 Å². The summed E-state index contributed by atoms with van der Waals surface area (Å²) in [4.78, 5) is 26.2. The van der Waals surface area contributed by atoms with Crippen LogP contribution in [0.25, 0.3) is 11.1 Å². The highest BCUT2D eigenvalue weighted by Gasteiger charge is 2.34. The second-order valence-corrected chi connectivity index (χ2v) is 8.40. The molecule has 0 bridgehead atoms. The summed E-state index contributed by atoms with van der Waals surface area (Å²) in [7, 11) is 0. The fourth-order valence-electron chi connectivity index (χ4n) is 4.49. The van der Waals surface area contributed by atoms with Gasteiger partial charge < -0.3 is 4.74 Å². The molecule has 4 heteroatoms. The Balaban J connectivity index is 1.27. The van der Waals surface area contributed by atoms with Gasteiger partial charge in [0.05, 0.1) is 17.7 Å². The monoisotopic (exact) mass is 441 g/mol. The van der Waals surface area contributed by atoms with Crippen molar-refractivity contribution in [3.8, 4) is 16.9 Å². The van der Waals surface area contributed by atoms with Crippen molar-refractivity contribution in [1.82, 2.24) is 4.90 Å². The van der Waals surface area contributed by atoms with Gasteiger partial charge in [-0.3, -0.25) is 14.5 Å². The number of carbonyl (C=O) groups is 2. The van der Waals surface area contributed by atoms with Crippen molar-refractivity contribution in [2.75, 3.05) is 13.2 Å². The molecule has 0 aliphatic carbocycles. The normalized spacial score (nSPS) is 12.8. The lowest BCUT2D eigenvalue weighted by Crippen LogP contribution is -2.30. The Morgan fingerprint density at radius 1 is 0.667 bits per heavy atom. The number of fused-ring (bicyclic) bond motifs is 1. The average molecular weight is 442 g/mol. The van der Waals surface area contributed by atoms with Crippen LogP contribution in [0.1, 0.15) is 65.0 Å². The minimum Gasteiger partial charge on any atom is -0.494 e. The summed E-state index contributed by atoms with van der Waals surface area (Å²) < 4.78 is 6.01. The fraction of sp³-hybridized carbons (Fsp3) is 0.310. The Bertz CT molecular complexity index is 1120. The standard InChI is InChI=1S/C29H31NO3/c1-3-21-12-6-7-13-24(21)25-17-16-23(20-22(25)4-2)33-19-11-5-10-18-30-28(31)26-14-8-9-15-27(26)29(30)32/h6-9,12-17,20H,3-5,10-11,18-19H2,1-2H3. The molecule has 3 aromatic carbocycles. The number of hydrogen-bond donors (Lipinski definition) is 0. The van der Waals surface area contributed by atoms with Gasteiger partial charge in [-0.25, -0.2) is 0 Å². The highest BCUT2D eigenvalue weighted by atomic mass is 16.5. The van der Waals surface area contributed by atoms with Crippen molar-refractivity contribution < 1.29 is 14.3 Å². The predicted octanol–water partition coefficient (Wildman–Crippen LogP) is 6.32.